The number of aliphatic hydroxyl groups is 1. The van der Waals surface area contributed by atoms with Crippen LogP contribution in [0.1, 0.15) is 65.0 Å². The van der Waals surface area contributed by atoms with Gasteiger partial charge < -0.3 is 19.6 Å². The van der Waals surface area contributed by atoms with Gasteiger partial charge in [-0.05, 0) is 45.6 Å². The van der Waals surface area contributed by atoms with Crippen LogP contribution < -0.4 is 0 Å². The number of aliphatic hydroxyl groups excluding tert-OH is 1. The SMILES string of the molecule is C=CCN(C(=O)C1N([C@H](CO)c2ccccc2)C(=O)[C@@H]2[C@H](C(=O)OCC)[C@]3(C)CCC12S3)C(C)CCC. The van der Waals surface area contributed by atoms with E-state index in [9.17, 15) is 19.5 Å². The molecule has 7 nitrogen and oxygen atoms in total. The number of hydrogen-bond acceptors (Lipinski definition) is 6. The Morgan fingerprint density at radius 2 is 2.00 bits per heavy atom. The molecule has 0 radical (unpaired) electrons. The van der Waals surface area contributed by atoms with Gasteiger partial charge in [-0.3, -0.25) is 14.4 Å². The number of carbonyl (C=O) groups is 3. The Labute approximate surface area is 224 Å². The average Bonchev–Trinajstić information content (AvgIpc) is 3.45. The van der Waals surface area contributed by atoms with Crippen LogP contribution in [0.4, 0.5) is 0 Å². The quantitative estimate of drug-likeness (QED) is 0.346. The van der Waals surface area contributed by atoms with Crippen molar-refractivity contribution in [1.82, 2.24) is 9.80 Å². The van der Waals surface area contributed by atoms with Crippen molar-refractivity contribution in [3.63, 3.8) is 0 Å². The molecule has 2 bridgehead atoms. The fraction of sp³-hybridized carbons (Fsp3) is 0.621. The van der Waals surface area contributed by atoms with Crippen LogP contribution in [0.2, 0.25) is 0 Å². The smallest absolute Gasteiger partial charge is 0.311 e. The van der Waals surface area contributed by atoms with Crippen LogP contribution in [0.25, 0.3) is 0 Å². The minimum atomic E-state index is -0.798. The number of rotatable bonds is 11. The van der Waals surface area contributed by atoms with Gasteiger partial charge in [-0.25, -0.2) is 0 Å². The number of likely N-dealkylation sites (tertiary alicyclic amines) is 1. The van der Waals surface area contributed by atoms with Crippen molar-refractivity contribution < 1.29 is 24.2 Å². The molecule has 7 atom stereocenters. The fourth-order valence-electron chi connectivity index (χ4n) is 6.95. The zero-order valence-electron chi connectivity index (χ0n) is 22.4. The molecule has 3 heterocycles. The van der Waals surface area contributed by atoms with Gasteiger partial charge in [0.25, 0.3) is 0 Å². The van der Waals surface area contributed by atoms with E-state index in [-0.39, 0.29) is 37.0 Å². The van der Waals surface area contributed by atoms with E-state index in [2.05, 4.69) is 13.5 Å². The summed E-state index contributed by atoms with van der Waals surface area (Å²) in [6.45, 7) is 12.1. The highest BCUT2D eigenvalue weighted by atomic mass is 32.2. The van der Waals surface area contributed by atoms with E-state index in [1.807, 2.05) is 49.1 Å². The van der Waals surface area contributed by atoms with E-state index in [0.717, 1.165) is 24.8 Å². The molecule has 37 heavy (non-hydrogen) atoms. The van der Waals surface area contributed by atoms with Crippen molar-refractivity contribution in [2.24, 2.45) is 11.8 Å². The largest absolute Gasteiger partial charge is 0.466 e. The van der Waals surface area contributed by atoms with Crippen molar-refractivity contribution in [2.45, 2.75) is 81.0 Å². The molecule has 202 valence electrons. The lowest BCUT2D eigenvalue weighted by atomic mass is 9.66. The molecule has 0 saturated carbocycles. The molecular weight excluding hydrogens is 488 g/mol. The second-order valence-electron chi connectivity index (χ2n) is 10.8. The molecule has 1 spiro atoms. The second-order valence-corrected chi connectivity index (χ2v) is 12.6. The zero-order valence-corrected chi connectivity index (χ0v) is 23.2. The van der Waals surface area contributed by atoms with Gasteiger partial charge in [-0.15, -0.1) is 18.3 Å². The van der Waals surface area contributed by atoms with Crippen LogP contribution in [-0.4, -0.2) is 74.0 Å². The molecule has 4 rings (SSSR count). The van der Waals surface area contributed by atoms with Crippen LogP contribution in [0, 0.1) is 11.8 Å². The number of fused-ring (bicyclic) bond motifs is 1. The van der Waals surface area contributed by atoms with Crippen molar-refractivity contribution in [3.8, 4) is 0 Å². The van der Waals surface area contributed by atoms with Crippen LogP contribution in [0.15, 0.2) is 43.0 Å². The summed E-state index contributed by atoms with van der Waals surface area (Å²) < 4.78 is 4.24. The van der Waals surface area contributed by atoms with Gasteiger partial charge in [-0.2, -0.15) is 0 Å². The van der Waals surface area contributed by atoms with Gasteiger partial charge in [-0.1, -0.05) is 49.8 Å². The lowest BCUT2D eigenvalue weighted by Gasteiger charge is -2.41. The monoisotopic (exact) mass is 528 g/mol. The Morgan fingerprint density at radius 1 is 1.30 bits per heavy atom. The predicted molar refractivity (Wildman–Crippen MR) is 145 cm³/mol. The summed E-state index contributed by atoms with van der Waals surface area (Å²) in [7, 11) is 0. The Kier molecular flexibility index (Phi) is 8.10. The normalized spacial score (nSPS) is 31.6. The average molecular weight is 529 g/mol. The molecule has 0 aromatic heterocycles. The topological polar surface area (TPSA) is 87.2 Å². The summed E-state index contributed by atoms with van der Waals surface area (Å²) >= 11 is 1.62. The molecule has 2 amide bonds. The molecule has 3 fully saturated rings. The van der Waals surface area contributed by atoms with Crippen molar-refractivity contribution in [2.75, 3.05) is 19.8 Å². The summed E-state index contributed by atoms with van der Waals surface area (Å²) in [5.41, 5.74) is 0.767. The lowest BCUT2D eigenvalue weighted by molar-refractivity contribution is -0.155. The molecule has 0 aliphatic carbocycles. The molecule has 3 unspecified atom stereocenters. The van der Waals surface area contributed by atoms with E-state index < -0.39 is 33.4 Å². The highest BCUT2D eigenvalue weighted by Gasteiger charge is 2.78. The number of amides is 2. The maximum absolute atomic E-state index is 14.6. The van der Waals surface area contributed by atoms with Crippen molar-refractivity contribution in [3.05, 3.63) is 48.6 Å². The van der Waals surface area contributed by atoms with Gasteiger partial charge in [0.2, 0.25) is 11.8 Å². The fourth-order valence-corrected chi connectivity index (χ4v) is 9.28. The van der Waals surface area contributed by atoms with E-state index >= 15 is 0 Å². The Balaban J connectivity index is 1.86. The molecule has 1 aromatic carbocycles. The molecule has 3 aliphatic heterocycles. The number of esters is 1. The van der Waals surface area contributed by atoms with E-state index in [0.29, 0.717) is 13.0 Å². The van der Waals surface area contributed by atoms with Crippen LogP contribution in [-0.2, 0) is 19.1 Å². The first-order valence-electron chi connectivity index (χ1n) is 13.5. The Bertz CT molecular complexity index is 1030. The van der Waals surface area contributed by atoms with Gasteiger partial charge in [0, 0.05) is 17.3 Å². The molecule has 8 heteroatoms. The third-order valence-corrected chi connectivity index (χ3v) is 10.5. The van der Waals surface area contributed by atoms with Gasteiger partial charge in [0.05, 0.1) is 35.8 Å². The van der Waals surface area contributed by atoms with Crippen LogP contribution >= 0.6 is 11.8 Å². The van der Waals surface area contributed by atoms with E-state index in [1.165, 1.54) is 0 Å². The molecule has 3 aliphatic rings. The van der Waals surface area contributed by atoms with E-state index in [1.54, 1.807) is 29.7 Å². The summed E-state index contributed by atoms with van der Waals surface area (Å²) in [6.07, 6.45) is 4.86. The lowest BCUT2D eigenvalue weighted by Crippen LogP contribution is -2.57. The standard InChI is InChI=1S/C29H40N2O5S/c1-6-12-19(4)30(17-7-2)26(34)24-29-16-15-28(5,37-29)23(27(35)36-8-3)22(29)25(33)31(24)21(18-32)20-13-10-9-11-14-20/h7,9-11,13-14,19,21-24,32H,2,6,8,12,15-18H2,1,3-5H3/t19?,21-,22+,23-,24?,28+,29?/m1/s1. The minimum Gasteiger partial charge on any atom is -0.466 e. The maximum atomic E-state index is 14.6. The number of benzene rings is 1. The van der Waals surface area contributed by atoms with Crippen molar-refractivity contribution in [1.29, 1.82) is 0 Å². The predicted octanol–water partition coefficient (Wildman–Crippen LogP) is 3.97. The van der Waals surface area contributed by atoms with Gasteiger partial charge in [0.15, 0.2) is 0 Å². The summed E-state index contributed by atoms with van der Waals surface area (Å²) in [5.74, 6) is -2.04. The number of hydrogen-bond donors (Lipinski definition) is 1. The first-order valence-corrected chi connectivity index (χ1v) is 14.3. The molecular formula is C29H40N2O5S. The molecule has 3 saturated heterocycles. The zero-order chi connectivity index (χ0) is 27.0. The second kappa shape index (κ2) is 10.8. The summed E-state index contributed by atoms with van der Waals surface area (Å²) in [4.78, 5) is 45.7. The first-order chi connectivity index (χ1) is 17.7. The highest BCUT2D eigenvalue weighted by Crippen LogP contribution is 2.72. The number of ether oxygens (including phenoxy) is 1. The Hall–Kier alpha value is -2.32. The molecule has 1 aromatic rings. The first kappa shape index (κ1) is 27.7. The maximum Gasteiger partial charge on any atom is 0.311 e. The third kappa shape index (κ3) is 4.40. The summed E-state index contributed by atoms with van der Waals surface area (Å²) in [5, 5.41) is 10.6. The minimum absolute atomic E-state index is 0.0350. The van der Waals surface area contributed by atoms with Crippen LogP contribution in [0.5, 0.6) is 0 Å². The third-order valence-electron chi connectivity index (χ3n) is 8.53. The van der Waals surface area contributed by atoms with Gasteiger partial charge >= 0.3 is 5.97 Å². The summed E-state index contributed by atoms with van der Waals surface area (Å²) in [6, 6.07) is 7.84. The number of carbonyl (C=O) groups excluding carboxylic acids is 3. The van der Waals surface area contributed by atoms with Gasteiger partial charge in [0.1, 0.15) is 6.04 Å². The van der Waals surface area contributed by atoms with E-state index in [4.69, 9.17) is 4.74 Å². The number of thioether (sulfide) groups is 1. The highest BCUT2D eigenvalue weighted by molar-refractivity contribution is 8.02. The number of nitrogens with zero attached hydrogens (tertiary/aromatic N) is 2. The van der Waals surface area contributed by atoms with Crippen LogP contribution in [0.3, 0.4) is 0 Å². The Morgan fingerprint density at radius 3 is 2.59 bits per heavy atom. The van der Waals surface area contributed by atoms with Crippen molar-refractivity contribution >= 4 is 29.5 Å². The molecule has 1 N–H and O–H groups in total.